The van der Waals surface area contributed by atoms with Gasteiger partial charge in [-0.15, -0.1) is 0 Å². The van der Waals surface area contributed by atoms with Gasteiger partial charge in [0.2, 0.25) is 5.88 Å². The van der Waals surface area contributed by atoms with Gasteiger partial charge in [0, 0.05) is 6.54 Å². The molecule has 1 aromatic heterocycles. The monoisotopic (exact) mass is 169 g/mol. The highest BCUT2D eigenvalue weighted by molar-refractivity contribution is 5.92. The smallest absolute Gasteiger partial charge is 0.272 e. The standard InChI is InChI=1S/C7H11N3O2/c1-2-3-10-4-9-5(6(8)11)7(10)12/h4,12H,2-3H2,1H3,(H2,8,11). The summed E-state index contributed by atoms with van der Waals surface area (Å²) in [5.41, 5.74) is 4.88. The van der Waals surface area contributed by atoms with E-state index in [0.29, 0.717) is 6.54 Å². The number of carbonyl (C=O) groups is 1. The van der Waals surface area contributed by atoms with E-state index < -0.39 is 5.91 Å². The molecule has 0 aromatic carbocycles. The lowest BCUT2D eigenvalue weighted by atomic mass is 10.4. The second-order valence-corrected chi connectivity index (χ2v) is 2.47. The van der Waals surface area contributed by atoms with E-state index in [1.807, 2.05) is 6.92 Å². The Hall–Kier alpha value is -1.52. The molecule has 1 amide bonds. The maximum atomic E-state index is 10.6. The van der Waals surface area contributed by atoms with Crippen LogP contribution in [0.2, 0.25) is 0 Å². The first-order valence-electron chi connectivity index (χ1n) is 3.70. The summed E-state index contributed by atoms with van der Waals surface area (Å²) in [5, 5.41) is 9.33. The minimum absolute atomic E-state index is 0.0662. The predicted octanol–water partition coefficient (Wildman–Crippen LogP) is 0.0976. The molecule has 0 atom stereocenters. The second kappa shape index (κ2) is 3.25. The first kappa shape index (κ1) is 8.58. The van der Waals surface area contributed by atoms with Crippen LogP contribution in [0.1, 0.15) is 23.8 Å². The number of aromatic hydroxyl groups is 1. The first-order chi connectivity index (χ1) is 5.66. The lowest BCUT2D eigenvalue weighted by Crippen LogP contribution is -2.11. The Morgan fingerprint density at radius 1 is 1.83 bits per heavy atom. The van der Waals surface area contributed by atoms with Crippen LogP contribution in [0, 0.1) is 0 Å². The van der Waals surface area contributed by atoms with Crippen molar-refractivity contribution in [2.75, 3.05) is 0 Å². The molecule has 0 aliphatic rings. The van der Waals surface area contributed by atoms with Gasteiger partial charge in [-0.2, -0.15) is 0 Å². The average molecular weight is 169 g/mol. The highest BCUT2D eigenvalue weighted by Gasteiger charge is 2.13. The highest BCUT2D eigenvalue weighted by atomic mass is 16.3. The molecule has 0 aliphatic carbocycles. The maximum absolute atomic E-state index is 10.6. The lowest BCUT2D eigenvalue weighted by molar-refractivity contribution is 0.0993. The first-order valence-corrected chi connectivity index (χ1v) is 3.70. The summed E-state index contributed by atoms with van der Waals surface area (Å²) in [5.74, 6) is -0.855. The number of aromatic nitrogens is 2. The van der Waals surface area contributed by atoms with Gasteiger partial charge in [-0.3, -0.25) is 4.79 Å². The number of imidazole rings is 1. The molecule has 5 heteroatoms. The largest absolute Gasteiger partial charge is 0.493 e. The van der Waals surface area contributed by atoms with Crippen molar-refractivity contribution < 1.29 is 9.90 Å². The number of rotatable bonds is 3. The number of aryl methyl sites for hydroxylation is 1. The average Bonchev–Trinajstić information content (AvgIpc) is 2.34. The number of carbonyl (C=O) groups excluding carboxylic acids is 1. The molecule has 5 nitrogen and oxygen atoms in total. The zero-order valence-electron chi connectivity index (χ0n) is 6.82. The Bertz CT molecular complexity index is 293. The molecule has 0 saturated heterocycles. The second-order valence-electron chi connectivity index (χ2n) is 2.47. The topological polar surface area (TPSA) is 81.1 Å². The van der Waals surface area contributed by atoms with E-state index in [1.54, 1.807) is 0 Å². The number of primary amides is 1. The van der Waals surface area contributed by atoms with E-state index in [0.717, 1.165) is 6.42 Å². The number of hydrogen-bond donors (Lipinski definition) is 2. The van der Waals surface area contributed by atoms with Crippen molar-refractivity contribution in [3.05, 3.63) is 12.0 Å². The third kappa shape index (κ3) is 1.39. The molecule has 3 N–H and O–H groups in total. The van der Waals surface area contributed by atoms with Crippen LogP contribution in [-0.2, 0) is 6.54 Å². The number of nitrogens with zero attached hydrogens (tertiary/aromatic N) is 2. The Labute approximate surface area is 69.8 Å². The summed E-state index contributed by atoms with van der Waals surface area (Å²) in [7, 11) is 0. The fourth-order valence-electron chi connectivity index (χ4n) is 0.954. The molecule has 0 fully saturated rings. The van der Waals surface area contributed by atoms with Crippen molar-refractivity contribution in [1.82, 2.24) is 9.55 Å². The van der Waals surface area contributed by atoms with Crippen LogP contribution >= 0.6 is 0 Å². The number of hydrogen-bond acceptors (Lipinski definition) is 3. The van der Waals surface area contributed by atoms with Gasteiger partial charge in [-0.05, 0) is 6.42 Å². The molecule has 0 aliphatic heterocycles. The maximum Gasteiger partial charge on any atom is 0.272 e. The van der Waals surface area contributed by atoms with Gasteiger partial charge >= 0.3 is 0 Å². The molecule has 1 aromatic rings. The highest BCUT2D eigenvalue weighted by Crippen LogP contribution is 2.14. The minimum atomic E-state index is -0.706. The Balaban J connectivity index is 2.96. The third-order valence-corrected chi connectivity index (χ3v) is 1.51. The minimum Gasteiger partial charge on any atom is -0.493 e. The van der Waals surface area contributed by atoms with Crippen LogP contribution in [0.5, 0.6) is 5.88 Å². The van der Waals surface area contributed by atoms with Crippen molar-refractivity contribution in [1.29, 1.82) is 0 Å². The van der Waals surface area contributed by atoms with E-state index in [-0.39, 0.29) is 11.6 Å². The normalized spacial score (nSPS) is 10.1. The van der Waals surface area contributed by atoms with Gasteiger partial charge in [0.25, 0.3) is 5.91 Å². The summed E-state index contributed by atoms with van der Waals surface area (Å²) < 4.78 is 1.49. The van der Waals surface area contributed by atoms with Gasteiger partial charge in [0.05, 0.1) is 6.33 Å². The van der Waals surface area contributed by atoms with Crippen molar-refractivity contribution in [3.8, 4) is 5.88 Å². The van der Waals surface area contributed by atoms with Crippen LogP contribution < -0.4 is 5.73 Å². The summed E-state index contributed by atoms with van der Waals surface area (Å²) in [6.45, 7) is 2.59. The van der Waals surface area contributed by atoms with Gasteiger partial charge < -0.3 is 15.4 Å². The molecule has 1 heterocycles. The van der Waals surface area contributed by atoms with Crippen LogP contribution in [0.15, 0.2) is 6.33 Å². The summed E-state index contributed by atoms with van der Waals surface area (Å²) in [4.78, 5) is 14.3. The molecule has 0 unspecified atom stereocenters. The van der Waals surface area contributed by atoms with E-state index >= 15 is 0 Å². The molecule has 12 heavy (non-hydrogen) atoms. The Kier molecular flexibility index (Phi) is 2.32. The molecule has 0 radical (unpaired) electrons. The van der Waals surface area contributed by atoms with Gasteiger partial charge in [0.15, 0.2) is 5.69 Å². The van der Waals surface area contributed by atoms with Crippen molar-refractivity contribution in [2.24, 2.45) is 5.73 Å². The Morgan fingerprint density at radius 3 is 2.92 bits per heavy atom. The van der Waals surface area contributed by atoms with Crippen molar-refractivity contribution in [2.45, 2.75) is 19.9 Å². The van der Waals surface area contributed by atoms with Crippen LogP contribution in [0.25, 0.3) is 0 Å². The van der Waals surface area contributed by atoms with E-state index in [1.165, 1.54) is 10.9 Å². The molecule has 0 saturated carbocycles. The summed E-state index contributed by atoms with van der Waals surface area (Å²) >= 11 is 0. The molecule has 66 valence electrons. The van der Waals surface area contributed by atoms with Crippen molar-refractivity contribution in [3.63, 3.8) is 0 Å². The van der Waals surface area contributed by atoms with Crippen LogP contribution in [0.3, 0.4) is 0 Å². The van der Waals surface area contributed by atoms with E-state index in [4.69, 9.17) is 5.73 Å². The third-order valence-electron chi connectivity index (χ3n) is 1.51. The van der Waals surface area contributed by atoms with E-state index in [2.05, 4.69) is 4.98 Å². The van der Waals surface area contributed by atoms with Gasteiger partial charge in [-0.1, -0.05) is 6.92 Å². The van der Waals surface area contributed by atoms with Gasteiger partial charge in [0.1, 0.15) is 0 Å². The fourth-order valence-corrected chi connectivity index (χ4v) is 0.954. The van der Waals surface area contributed by atoms with Crippen LogP contribution in [-0.4, -0.2) is 20.6 Å². The summed E-state index contributed by atoms with van der Waals surface area (Å²) in [6.07, 6.45) is 2.26. The molecular weight excluding hydrogens is 158 g/mol. The fraction of sp³-hybridized carbons (Fsp3) is 0.429. The van der Waals surface area contributed by atoms with Crippen molar-refractivity contribution >= 4 is 5.91 Å². The summed E-state index contributed by atoms with van der Waals surface area (Å²) in [6, 6.07) is 0. The van der Waals surface area contributed by atoms with E-state index in [9.17, 15) is 9.90 Å². The number of amides is 1. The predicted molar refractivity (Wildman–Crippen MR) is 42.7 cm³/mol. The molecule has 0 spiro atoms. The number of nitrogens with two attached hydrogens (primary N) is 1. The SMILES string of the molecule is CCCn1cnc(C(N)=O)c1O. The quantitative estimate of drug-likeness (QED) is 0.673. The van der Waals surface area contributed by atoms with Crippen LogP contribution in [0.4, 0.5) is 0 Å². The Morgan fingerprint density at radius 2 is 2.50 bits per heavy atom. The zero-order valence-corrected chi connectivity index (χ0v) is 6.82. The lowest BCUT2D eigenvalue weighted by Gasteiger charge is -1.99. The molecule has 0 bridgehead atoms. The zero-order chi connectivity index (χ0) is 9.14. The molecule has 1 rings (SSSR count). The van der Waals surface area contributed by atoms with Gasteiger partial charge in [-0.25, -0.2) is 4.98 Å². The molecular formula is C7H11N3O2.